The third-order valence-electron chi connectivity index (χ3n) is 4.05. The van der Waals surface area contributed by atoms with Gasteiger partial charge in [-0.05, 0) is 43.5 Å². The minimum absolute atomic E-state index is 0. The second-order valence-corrected chi connectivity index (χ2v) is 6.34. The van der Waals surface area contributed by atoms with Gasteiger partial charge < -0.3 is 11.1 Å². The first kappa shape index (κ1) is 22.0. The Morgan fingerprint density at radius 1 is 1.04 bits per heavy atom. The lowest BCUT2D eigenvalue weighted by atomic mass is 9.91. The predicted octanol–water partition coefficient (Wildman–Crippen LogP) is 4.05. The summed E-state index contributed by atoms with van der Waals surface area (Å²) in [6, 6.07) is 13.7. The Balaban J connectivity index is 0.00000338. The lowest BCUT2D eigenvalue weighted by Gasteiger charge is -2.26. The number of alkyl halides is 3. The molecule has 0 saturated carbocycles. The molecule has 0 saturated heterocycles. The Labute approximate surface area is 157 Å². The molecular formula is C19H22ClF3N2O. The van der Waals surface area contributed by atoms with Crippen molar-refractivity contribution < 1.29 is 18.0 Å². The molecule has 1 amide bonds. The fraction of sp³-hybridized carbons (Fsp3) is 0.316. The Bertz CT molecular complexity index is 716. The maximum atomic E-state index is 12.6. The smallest absolute Gasteiger partial charge is 0.351 e. The first-order valence-electron chi connectivity index (χ1n) is 7.92. The fourth-order valence-corrected chi connectivity index (χ4v) is 2.52. The van der Waals surface area contributed by atoms with E-state index in [0.717, 1.165) is 12.1 Å². The van der Waals surface area contributed by atoms with Crippen LogP contribution in [0.25, 0.3) is 0 Å². The molecule has 0 fully saturated rings. The number of hydrogen-bond donors (Lipinski definition) is 2. The molecule has 2 unspecified atom stereocenters. The Hall–Kier alpha value is -2.05. The molecule has 0 radical (unpaired) electrons. The largest absolute Gasteiger partial charge is 0.416 e. The second kappa shape index (κ2) is 8.56. The highest BCUT2D eigenvalue weighted by atomic mass is 35.5. The molecule has 0 aliphatic heterocycles. The van der Waals surface area contributed by atoms with Crippen molar-refractivity contribution in [2.45, 2.75) is 38.0 Å². The fourth-order valence-electron chi connectivity index (χ4n) is 2.52. The van der Waals surface area contributed by atoms with E-state index < -0.39 is 17.3 Å². The van der Waals surface area contributed by atoms with Gasteiger partial charge in [-0.2, -0.15) is 13.2 Å². The number of benzene rings is 2. The van der Waals surface area contributed by atoms with Crippen molar-refractivity contribution in [2.75, 3.05) is 0 Å². The van der Waals surface area contributed by atoms with Crippen molar-refractivity contribution in [1.82, 2.24) is 5.32 Å². The molecule has 3 nitrogen and oxygen atoms in total. The third-order valence-corrected chi connectivity index (χ3v) is 4.05. The van der Waals surface area contributed by atoms with Crippen LogP contribution in [-0.2, 0) is 22.9 Å². The van der Waals surface area contributed by atoms with Gasteiger partial charge in [0.25, 0.3) is 0 Å². The summed E-state index contributed by atoms with van der Waals surface area (Å²) in [5.41, 5.74) is 5.68. The van der Waals surface area contributed by atoms with Crippen molar-refractivity contribution in [3.8, 4) is 0 Å². The van der Waals surface area contributed by atoms with E-state index in [9.17, 15) is 18.0 Å². The van der Waals surface area contributed by atoms with Crippen molar-refractivity contribution in [1.29, 1.82) is 0 Å². The topological polar surface area (TPSA) is 55.1 Å². The molecule has 7 heteroatoms. The quantitative estimate of drug-likeness (QED) is 0.814. The number of nitrogens with two attached hydrogens (primary N) is 1. The molecule has 3 N–H and O–H groups in total. The van der Waals surface area contributed by atoms with Gasteiger partial charge in [-0.3, -0.25) is 4.79 Å². The summed E-state index contributed by atoms with van der Waals surface area (Å²) in [5, 5.41) is 2.83. The molecule has 2 aromatic carbocycles. The van der Waals surface area contributed by atoms with Crippen LogP contribution in [0.5, 0.6) is 0 Å². The monoisotopic (exact) mass is 386 g/mol. The average Bonchev–Trinajstić information content (AvgIpc) is 2.55. The highest BCUT2D eigenvalue weighted by molar-refractivity contribution is 5.87. The van der Waals surface area contributed by atoms with Gasteiger partial charge in [0, 0.05) is 6.04 Å². The van der Waals surface area contributed by atoms with Gasteiger partial charge in [-0.15, -0.1) is 12.4 Å². The van der Waals surface area contributed by atoms with Crippen molar-refractivity contribution in [3.63, 3.8) is 0 Å². The molecule has 0 aliphatic carbocycles. The third kappa shape index (κ3) is 5.47. The number of carbonyl (C=O) groups is 1. The van der Waals surface area contributed by atoms with Crippen molar-refractivity contribution in [3.05, 3.63) is 71.3 Å². The van der Waals surface area contributed by atoms with Gasteiger partial charge in [-0.25, -0.2) is 0 Å². The van der Waals surface area contributed by atoms with Gasteiger partial charge in [0.1, 0.15) is 5.54 Å². The standard InChI is InChI=1S/C19H21F3N2O.ClH/c1-13(12-14-8-10-16(11-9-14)19(20,21)22)24-17(25)18(2,23)15-6-4-3-5-7-15;/h3-11,13H,12,23H2,1-2H3,(H,24,25);1H. The molecule has 0 bridgehead atoms. The van der Waals surface area contributed by atoms with Gasteiger partial charge in [-0.1, -0.05) is 42.5 Å². The molecule has 0 spiro atoms. The van der Waals surface area contributed by atoms with Gasteiger partial charge in [0.15, 0.2) is 0 Å². The molecule has 0 aliphatic rings. The number of nitrogens with one attached hydrogen (secondary N) is 1. The number of amides is 1. The summed E-state index contributed by atoms with van der Waals surface area (Å²) in [5.74, 6) is -0.335. The summed E-state index contributed by atoms with van der Waals surface area (Å²) < 4.78 is 37.7. The number of carbonyl (C=O) groups excluding carboxylic acids is 1. The zero-order valence-electron chi connectivity index (χ0n) is 14.5. The summed E-state index contributed by atoms with van der Waals surface area (Å²) in [7, 11) is 0. The van der Waals surface area contributed by atoms with E-state index >= 15 is 0 Å². The molecule has 2 atom stereocenters. The first-order valence-corrected chi connectivity index (χ1v) is 7.92. The second-order valence-electron chi connectivity index (χ2n) is 6.34. The van der Waals surface area contributed by atoms with Gasteiger partial charge in [0.2, 0.25) is 5.91 Å². The number of hydrogen-bond acceptors (Lipinski definition) is 2. The minimum Gasteiger partial charge on any atom is -0.351 e. The normalized spacial score (nSPS) is 14.7. The maximum absolute atomic E-state index is 12.6. The SMILES string of the molecule is CC(Cc1ccc(C(F)(F)F)cc1)NC(=O)C(C)(N)c1ccccc1.Cl. The van der Waals surface area contributed by atoms with E-state index in [2.05, 4.69) is 5.32 Å². The van der Waals surface area contributed by atoms with Crippen LogP contribution in [0.1, 0.15) is 30.5 Å². The van der Waals surface area contributed by atoms with Gasteiger partial charge in [0.05, 0.1) is 5.56 Å². The van der Waals surface area contributed by atoms with E-state index in [-0.39, 0.29) is 24.4 Å². The number of rotatable bonds is 5. The lowest BCUT2D eigenvalue weighted by molar-refractivity contribution is -0.137. The Morgan fingerprint density at radius 2 is 1.58 bits per heavy atom. The molecule has 142 valence electrons. The van der Waals surface area contributed by atoms with E-state index in [1.165, 1.54) is 12.1 Å². The van der Waals surface area contributed by atoms with Crippen molar-refractivity contribution in [2.24, 2.45) is 5.73 Å². The molecule has 0 aromatic heterocycles. The van der Waals surface area contributed by atoms with Crippen LogP contribution in [0.15, 0.2) is 54.6 Å². The molecule has 0 heterocycles. The van der Waals surface area contributed by atoms with E-state index in [4.69, 9.17) is 5.73 Å². The zero-order valence-corrected chi connectivity index (χ0v) is 15.3. The highest BCUT2D eigenvalue weighted by Gasteiger charge is 2.31. The average molecular weight is 387 g/mol. The number of halogens is 4. The Kier molecular flexibility index (Phi) is 7.24. The first-order chi connectivity index (χ1) is 11.6. The van der Waals surface area contributed by atoms with E-state index in [0.29, 0.717) is 17.5 Å². The molecule has 2 aromatic rings. The summed E-state index contributed by atoms with van der Waals surface area (Å²) in [4.78, 5) is 12.5. The zero-order chi connectivity index (χ0) is 18.7. The molecular weight excluding hydrogens is 365 g/mol. The predicted molar refractivity (Wildman–Crippen MR) is 98.0 cm³/mol. The van der Waals surface area contributed by atoms with Crippen LogP contribution in [0, 0.1) is 0 Å². The van der Waals surface area contributed by atoms with Crippen LogP contribution >= 0.6 is 12.4 Å². The highest BCUT2D eigenvalue weighted by Crippen LogP contribution is 2.29. The summed E-state index contributed by atoms with van der Waals surface area (Å²) in [6.07, 6.45) is -3.94. The van der Waals surface area contributed by atoms with Crippen LogP contribution < -0.4 is 11.1 Å². The van der Waals surface area contributed by atoms with Gasteiger partial charge >= 0.3 is 6.18 Å². The lowest BCUT2D eigenvalue weighted by Crippen LogP contribution is -2.51. The summed E-state index contributed by atoms with van der Waals surface area (Å²) >= 11 is 0. The molecule has 26 heavy (non-hydrogen) atoms. The van der Waals surface area contributed by atoms with E-state index in [1.807, 2.05) is 6.07 Å². The van der Waals surface area contributed by atoms with E-state index in [1.54, 1.807) is 38.1 Å². The Morgan fingerprint density at radius 3 is 2.08 bits per heavy atom. The molecule has 2 rings (SSSR count). The minimum atomic E-state index is -4.35. The maximum Gasteiger partial charge on any atom is 0.416 e. The van der Waals surface area contributed by atoms with Crippen molar-refractivity contribution >= 4 is 18.3 Å². The van der Waals surface area contributed by atoms with Crippen LogP contribution in [0.3, 0.4) is 0 Å². The van der Waals surface area contributed by atoms with Crippen LogP contribution in [-0.4, -0.2) is 11.9 Å². The van der Waals surface area contributed by atoms with Crippen LogP contribution in [0.2, 0.25) is 0 Å². The summed E-state index contributed by atoms with van der Waals surface area (Å²) in [6.45, 7) is 3.42. The van der Waals surface area contributed by atoms with Crippen LogP contribution in [0.4, 0.5) is 13.2 Å².